The summed E-state index contributed by atoms with van der Waals surface area (Å²) in [7, 11) is 0. The molecule has 0 radical (unpaired) electrons. The number of carbonyl (C=O) groups is 1. The topological polar surface area (TPSA) is 98.5 Å². The van der Waals surface area contributed by atoms with Crippen molar-refractivity contribution in [2.75, 3.05) is 26.4 Å². The van der Waals surface area contributed by atoms with Crippen molar-refractivity contribution in [3.8, 4) is 0 Å². The van der Waals surface area contributed by atoms with Gasteiger partial charge in [0.2, 0.25) is 0 Å². The molecule has 2 aromatic heterocycles. The summed E-state index contributed by atoms with van der Waals surface area (Å²) in [6.07, 6.45) is 0.707. The Kier molecular flexibility index (Phi) is 5.34. The van der Waals surface area contributed by atoms with Crippen LogP contribution in [0.4, 0.5) is 0 Å². The second kappa shape index (κ2) is 7.64. The van der Waals surface area contributed by atoms with E-state index in [4.69, 9.17) is 9.47 Å². The lowest BCUT2D eigenvalue weighted by atomic mass is 10.2. The van der Waals surface area contributed by atoms with Gasteiger partial charge in [-0.05, 0) is 22.4 Å². The molecule has 0 unspecified atom stereocenters. The average Bonchev–Trinajstić information content (AvgIpc) is 3.25. The summed E-state index contributed by atoms with van der Waals surface area (Å²) in [6.45, 7) is 2.21. The lowest BCUT2D eigenvalue weighted by Crippen LogP contribution is -2.39. The van der Waals surface area contributed by atoms with Crippen LogP contribution < -0.4 is 5.32 Å². The van der Waals surface area contributed by atoms with Gasteiger partial charge < -0.3 is 19.9 Å². The van der Waals surface area contributed by atoms with Crippen LogP contribution in [0.25, 0.3) is 0 Å². The van der Waals surface area contributed by atoms with E-state index < -0.39 is 6.10 Å². The molecule has 1 fully saturated rings. The van der Waals surface area contributed by atoms with Crippen LogP contribution in [0.15, 0.2) is 23.0 Å². The zero-order valence-electron chi connectivity index (χ0n) is 12.4. The SMILES string of the molecule is O=C(NC[C@@H]1COCCO1)c1cn(C[C@H](O)c2ccsc2)nn1. The first-order chi connectivity index (χ1) is 11.2. The van der Waals surface area contributed by atoms with E-state index in [1.807, 2.05) is 16.8 Å². The number of hydrogen-bond donors (Lipinski definition) is 2. The summed E-state index contributed by atoms with van der Waals surface area (Å²) in [6, 6.07) is 1.85. The Morgan fingerprint density at radius 3 is 3.22 bits per heavy atom. The Bertz CT molecular complexity index is 625. The van der Waals surface area contributed by atoms with Crippen LogP contribution in [0, 0.1) is 0 Å². The average molecular weight is 338 g/mol. The molecule has 3 heterocycles. The normalized spacial score (nSPS) is 19.4. The summed E-state index contributed by atoms with van der Waals surface area (Å²) in [5, 5.41) is 24.3. The van der Waals surface area contributed by atoms with Crippen molar-refractivity contribution in [3.63, 3.8) is 0 Å². The van der Waals surface area contributed by atoms with Crippen LogP contribution in [0.2, 0.25) is 0 Å². The Balaban J connectivity index is 1.50. The number of aromatic nitrogens is 3. The van der Waals surface area contributed by atoms with E-state index in [0.717, 1.165) is 5.56 Å². The molecule has 2 aromatic rings. The van der Waals surface area contributed by atoms with Crippen LogP contribution >= 0.6 is 11.3 Å². The van der Waals surface area contributed by atoms with Gasteiger partial charge in [-0.15, -0.1) is 5.10 Å². The first-order valence-corrected chi connectivity index (χ1v) is 8.24. The zero-order valence-corrected chi connectivity index (χ0v) is 13.2. The molecule has 124 valence electrons. The van der Waals surface area contributed by atoms with Gasteiger partial charge in [-0.3, -0.25) is 4.79 Å². The molecule has 1 aliphatic heterocycles. The number of thiophene rings is 1. The lowest BCUT2D eigenvalue weighted by Gasteiger charge is -2.22. The van der Waals surface area contributed by atoms with Gasteiger partial charge in [0.25, 0.3) is 5.91 Å². The summed E-state index contributed by atoms with van der Waals surface area (Å²) in [4.78, 5) is 12.0. The number of amides is 1. The van der Waals surface area contributed by atoms with Crippen LogP contribution in [0.1, 0.15) is 22.2 Å². The van der Waals surface area contributed by atoms with E-state index in [-0.39, 0.29) is 24.2 Å². The van der Waals surface area contributed by atoms with Crippen LogP contribution in [0.5, 0.6) is 0 Å². The monoisotopic (exact) mass is 338 g/mol. The Morgan fingerprint density at radius 2 is 2.48 bits per heavy atom. The van der Waals surface area contributed by atoms with E-state index in [1.54, 1.807) is 0 Å². The summed E-state index contributed by atoms with van der Waals surface area (Å²) >= 11 is 1.52. The number of aliphatic hydroxyl groups excluding tert-OH is 1. The highest BCUT2D eigenvalue weighted by Crippen LogP contribution is 2.17. The first-order valence-electron chi connectivity index (χ1n) is 7.30. The number of hydrogen-bond acceptors (Lipinski definition) is 7. The van der Waals surface area contributed by atoms with Crippen molar-refractivity contribution in [2.45, 2.75) is 18.8 Å². The second-order valence-corrected chi connectivity index (χ2v) is 5.96. The minimum Gasteiger partial charge on any atom is -0.386 e. The quantitative estimate of drug-likeness (QED) is 0.782. The maximum absolute atomic E-state index is 12.0. The maximum atomic E-state index is 12.0. The molecule has 0 bridgehead atoms. The van der Waals surface area contributed by atoms with Gasteiger partial charge in [0, 0.05) is 6.54 Å². The van der Waals surface area contributed by atoms with Crippen molar-refractivity contribution >= 4 is 17.2 Å². The number of rotatable bonds is 6. The third-order valence-electron chi connectivity index (χ3n) is 3.43. The fourth-order valence-electron chi connectivity index (χ4n) is 2.19. The fraction of sp³-hybridized carbons (Fsp3) is 0.500. The zero-order chi connectivity index (χ0) is 16.1. The van der Waals surface area contributed by atoms with E-state index in [1.165, 1.54) is 22.2 Å². The molecule has 1 aliphatic rings. The predicted molar refractivity (Wildman–Crippen MR) is 82.2 cm³/mol. The van der Waals surface area contributed by atoms with Crippen LogP contribution in [0.3, 0.4) is 0 Å². The molecule has 2 N–H and O–H groups in total. The Morgan fingerprint density at radius 1 is 1.57 bits per heavy atom. The molecule has 8 nitrogen and oxygen atoms in total. The molecule has 3 rings (SSSR count). The summed E-state index contributed by atoms with van der Waals surface area (Å²) < 4.78 is 12.2. The molecule has 9 heteroatoms. The van der Waals surface area contributed by atoms with Gasteiger partial charge in [-0.2, -0.15) is 11.3 Å². The number of carbonyl (C=O) groups excluding carboxylic acids is 1. The molecule has 2 atom stereocenters. The van der Waals surface area contributed by atoms with Gasteiger partial charge in [0.15, 0.2) is 5.69 Å². The maximum Gasteiger partial charge on any atom is 0.273 e. The van der Waals surface area contributed by atoms with E-state index in [9.17, 15) is 9.90 Å². The fourth-order valence-corrected chi connectivity index (χ4v) is 2.90. The van der Waals surface area contributed by atoms with Gasteiger partial charge in [0.05, 0.1) is 44.8 Å². The van der Waals surface area contributed by atoms with Crippen molar-refractivity contribution in [1.82, 2.24) is 20.3 Å². The third kappa shape index (κ3) is 4.35. The smallest absolute Gasteiger partial charge is 0.273 e. The minimum atomic E-state index is -0.674. The van der Waals surface area contributed by atoms with E-state index >= 15 is 0 Å². The number of nitrogens with zero attached hydrogens (tertiary/aromatic N) is 3. The Labute approximate surface area is 137 Å². The highest BCUT2D eigenvalue weighted by Gasteiger charge is 2.18. The van der Waals surface area contributed by atoms with Gasteiger partial charge in [0.1, 0.15) is 0 Å². The van der Waals surface area contributed by atoms with Gasteiger partial charge in [-0.1, -0.05) is 5.21 Å². The molecule has 0 spiro atoms. The third-order valence-corrected chi connectivity index (χ3v) is 4.14. The molecular weight excluding hydrogens is 320 g/mol. The lowest BCUT2D eigenvalue weighted by molar-refractivity contribution is -0.0855. The minimum absolute atomic E-state index is 0.136. The Hall–Kier alpha value is -1.81. The van der Waals surface area contributed by atoms with E-state index in [2.05, 4.69) is 15.6 Å². The molecule has 0 aromatic carbocycles. The summed E-state index contributed by atoms with van der Waals surface area (Å²) in [5.74, 6) is -0.324. The van der Waals surface area contributed by atoms with Crippen molar-refractivity contribution < 1.29 is 19.4 Å². The molecule has 23 heavy (non-hydrogen) atoms. The highest BCUT2D eigenvalue weighted by atomic mass is 32.1. The number of ether oxygens (including phenoxy) is 2. The molecule has 0 aliphatic carbocycles. The standard InChI is InChI=1S/C14H18N4O4S/c19-13(10-1-4-23-9-10)7-18-6-12(16-17-18)14(20)15-5-11-8-21-2-3-22-11/h1,4,6,9,11,13,19H,2-3,5,7-8H2,(H,15,20)/t11-,13+/m1/s1. The highest BCUT2D eigenvalue weighted by molar-refractivity contribution is 7.07. The van der Waals surface area contributed by atoms with Gasteiger partial charge in [-0.25, -0.2) is 4.68 Å². The van der Waals surface area contributed by atoms with Crippen molar-refractivity contribution in [3.05, 3.63) is 34.3 Å². The van der Waals surface area contributed by atoms with E-state index in [0.29, 0.717) is 26.4 Å². The van der Waals surface area contributed by atoms with Gasteiger partial charge >= 0.3 is 0 Å². The van der Waals surface area contributed by atoms with Crippen molar-refractivity contribution in [1.29, 1.82) is 0 Å². The first kappa shape index (κ1) is 16.1. The van der Waals surface area contributed by atoms with Crippen LogP contribution in [-0.2, 0) is 16.0 Å². The largest absolute Gasteiger partial charge is 0.386 e. The predicted octanol–water partition coefficient (Wildman–Crippen LogP) is 0.218. The molecular formula is C14H18N4O4S. The second-order valence-electron chi connectivity index (χ2n) is 5.18. The molecule has 1 amide bonds. The number of aliphatic hydroxyl groups is 1. The summed E-state index contributed by atoms with van der Waals surface area (Å²) in [5.41, 5.74) is 1.03. The molecule has 0 saturated carbocycles. The van der Waals surface area contributed by atoms with Crippen molar-refractivity contribution in [2.24, 2.45) is 0 Å². The van der Waals surface area contributed by atoms with Crippen LogP contribution in [-0.4, -0.2) is 58.5 Å². The molecule has 1 saturated heterocycles. The number of nitrogens with one attached hydrogen (secondary N) is 1.